The molecule has 0 aromatic rings. The fraction of sp³-hybridized carbons (Fsp3) is 0.625. The molecule has 0 aromatic heterocycles. The van der Waals surface area contributed by atoms with E-state index >= 15 is 0 Å². The number of amides is 1. The Hall–Kier alpha value is -0.880. The van der Waals surface area contributed by atoms with Gasteiger partial charge in [-0.2, -0.15) is 8.42 Å². The zero-order valence-electron chi connectivity index (χ0n) is 7.72. The molecule has 1 fully saturated rings. The molecule has 0 spiro atoms. The summed E-state index contributed by atoms with van der Waals surface area (Å²) in [5.74, 6) is -0.384. The molecule has 1 N–H and O–H groups in total. The van der Waals surface area contributed by atoms with Crippen LogP contribution < -0.4 is 0 Å². The Balaban J connectivity index is 2.47. The van der Waals surface area contributed by atoms with E-state index in [2.05, 4.69) is 6.58 Å². The van der Waals surface area contributed by atoms with Crippen LogP contribution in [0.3, 0.4) is 0 Å². The number of carbonyl (C=O) groups is 1. The second-order valence-electron chi connectivity index (χ2n) is 3.33. The summed E-state index contributed by atoms with van der Waals surface area (Å²) in [6, 6.07) is 0. The van der Waals surface area contributed by atoms with Gasteiger partial charge in [-0.1, -0.05) is 6.08 Å². The van der Waals surface area contributed by atoms with Crippen molar-refractivity contribution in [1.29, 1.82) is 0 Å². The van der Waals surface area contributed by atoms with Crippen LogP contribution in [-0.2, 0) is 14.9 Å². The molecule has 1 saturated heterocycles. The van der Waals surface area contributed by atoms with Crippen molar-refractivity contribution in [1.82, 2.24) is 4.90 Å². The van der Waals surface area contributed by atoms with Gasteiger partial charge in [0.2, 0.25) is 5.91 Å². The molecule has 1 heterocycles. The van der Waals surface area contributed by atoms with E-state index in [1.54, 1.807) is 6.08 Å². The Bertz CT molecular complexity index is 335. The zero-order valence-corrected chi connectivity index (χ0v) is 8.53. The lowest BCUT2D eigenvalue weighted by Gasteiger charge is -2.14. The van der Waals surface area contributed by atoms with Crippen LogP contribution in [0.15, 0.2) is 12.7 Å². The average Bonchev–Trinajstić information content (AvgIpc) is 2.42. The van der Waals surface area contributed by atoms with Crippen LogP contribution in [0.1, 0.15) is 6.42 Å². The summed E-state index contributed by atoms with van der Waals surface area (Å²) in [6.45, 7) is 4.13. The summed E-state index contributed by atoms with van der Waals surface area (Å²) in [6.07, 6.45) is 2.07. The average molecular weight is 219 g/mol. The van der Waals surface area contributed by atoms with Gasteiger partial charge in [0.15, 0.2) is 0 Å². The van der Waals surface area contributed by atoms with Gasteiger partial charge < -0.3 is 4.90 Å². The largest absolute Gasteiger partial charge is 0.341 e. The quantitative estimate of drug-likeness (QED) is 0.529. The molecule has 1 rings (SSSR count). The highest BCUT2D eigenvalue weighted by molar-refractivity contribution is 7.85. The fourth-order valence-electron chi connectivity index (χ4n) is 1.40. The van der Waals surface area contributed by atoms with E-state index in [0.717, 1.165) is 0 Å². The number of nitrogens with zero attached hydrogens (tertiary/aromatic N) is 1. The van der Waals surface area contributed by atoms with Crippen molar-refractivity contribution in [2.24, 2.45) is 5.92 Å². The fourth-order valence-corrected chi connectivity index (χ4v) is 1.85. The number of carbonyl (C=O) groups excluding carboxylic acids is 1. The van der Waals surface area contributed by atoms with Gasteiger partial charge in [0.05, 0.1) is 5.75 Å². The smallest absolute Gasteiger partial charge is 0.266 e. The third kappa shape index (κ3) is 3.12. The molecular weight excluding hydrogens is 206 g/mol. The minimum Gasteiger partial charge on any atom is -0.341 e. The second-order valence-corrected chi connectivity index (χ2v) is 4.90. The SMILES string of the molecule is C=CC1CC(=O)N(CCS(=O)(=O)O)C1. The van der Waals surface area contributed by atoms with E-state index in [1.807, 2.05) is 0 Å². The molecule has 5 nitrogen and oxygen atoms in total. The monoisotopic (exact) mass is 219 g/mol. The maximum atomic E-state index is 11.3. The maximum Gasteiger partial charge on any atom is 0.266 e. The van der Waals surface area contributed by atoms with Crippen LogP contribution in [0, 0.1) is 5.92 Å². The molecule has 0 saturated carbocycles. The predicted molar refractivity (Wildman–Crippen MR) is 51.3 cm³/mol. The Morgan fingerprint density at radius 3 is 2.71 bits per heavy atom. The van der Waals surface area contributed by atoms with Gasteiger partial charge >= 0.3 is 0 Å². The molecule has 0 aliphatic carbocycles. The van der Waals surface area contributed by atoms with Crippen LogP contribution in [0.5, 0.6) is 0 Å². The van der Waals surface area contributed by atoms with Crippen molar-refractivity contribution in [2.75, 3.05) is 18.8 Å². The predicted octanol–water partition coefficient (Wildman–Crippen LogP) is -0.0913. The molecule has 14 heavy (non-hydrogen) atoms. The first kappa shape index (κ1) is 11.2. The van der Waals surface area contributed by atoms with Crippen molar-refractivity contribution < 1.29 is 17.8 Å². The molecule has 0 bridgehead atoms. The normalized spacial score (nSPS) is 22.8. The van der Waals surface area contributed by atoms with Crippen LogP contribution >= 0.6 is 0 Å². The van der Waals surface area contributed by atoms with Crippen molar-refractivity contribution in [3.05, 3.63) is 12.7 Å². The van der Waals surface area contributed by atoms with E-state index < -0.39 is 15.9 Å². The Labute approximate surface area is 83.1 Å². The summed E-state index contributed by atoms with van der Waals surface area (Å²) in [5, 5.41) is 0. The molecule has 1 amide bonds. The third-order valence-electron chi connectivity index (χ3n) is 2.20. The molecular formula is C8H13NO4S. The van der Waals surface area contributed by atoms with E-state index in [4.69, 9.17) is 4.55 Å². The lowest BCUT2D eigenvalue weighted by Crippen LogP contribution is -2.30. The van der Waals surface area contributed by atoms with Gasteiger partial charge in [0, 0.05) is 25.4 Å². The summed E-state index contributed by atoms with van der Waals surface area (Å²) >= 11 is 0. The minimum absolute atomic E-state index is 0.0575. The summed E-state index contributed by atoms with van der Waals surface area (Å²) in [7, 11) is -3.98. The van der Waals surface area contributed by atoms with Gasteiger partial charge in [0.25, 0.3) is 10.1 Å². The lowest BCUT2D eigenvalue weighted by molar-refractivity contribution is -0.127. The van der Waals surface area contributed by atoms with Crippen LogP contribution in [0.2, 0.25) is 0 Å². The molecule has 0 radical (unpaired) electrons. The molecule has 1 atom stereocenters. The van der Waals surface area contributed by atoms with Crippen molar-refractivity contribution in [2.45, 2.75) is 6.42 Å². The highest BCUT2D eigenvalue weighted by atomic mass is 32.2. The van der Waals surface area contributed by atoms with E-state index in [1.165, 1.54) is 4.90 Å². The van der Waals surface area contributed by atoms with Gasteiger partial charge in [-0.05, 0) is 0 Å². The maximum absolute atomic E-state index is 11.3. The first-order valence-corrected chi connectivity index (χ1v) is 5.89. The van der Waals surface area contributed by atoms with Gasteiger partial charge in [-0.3, -0.25) is 9.35 Å². The first-order valence-electron chi connectivity index (χ1n) is 4.28. The summed E-state index contributed by atoms with van der Waals surface area (Å²) in [5.41, 5.74) is 0. The lowest BCUT2D eigenvalue weighted by atomic mass is 10.1. The molecule has 1 aliphatic heterocycles. The van der Waals surface area contributed by atoms with Gasteiger partial charge in [0.1, 0.15) is 0 Å². The topological polar surface area (TPSA) is 74.7 Å². The standard InChI is InChI=1S/C8H13NO4S/c1-2-7-5-8(10)9(6-7)3-4-14(11,12)13/h2,7H,1,3-6H2,(H,11,12,13). The van der Waals surface area contributed by atoms with Crippen LogP contribution in [0.25, 0.3) is 0 Å². The van der Waals surface area contributed by atoms with Crippen molar-refractivity contribution in [3.63, 3.8) is 0 Å². The molecule has 1 aliphatic rings. The Morgan fingerprint density at radius 1 is 1.64 bits per heavy atom. The zero-order chi connectivity index (χ0) is 10.8. The highest BCUT2D eigenvalue weighted by Gasteiger charge is 2.27. The van der Waals surface area contributed by atoms with Crippen molar-refractivity contribution in [3.8, 4) is 0 Å². The first-order chi connectivity index (χ1) is 6.42. The number of hydrogen-bond acceptors (Lipinski definition) is 3. The Kier molecular flexibility index (Phi) is 3.28. The van der Waals surface area contributed by atoms with Gasteiger partial charge in [-0.15, -0.1) is 6.58 Å². The molecule has 0 aromatic carbocycles. The summed E-state index contributed by atoms with van der Waals surface area (Å²) < 4.78 is 29.4. The molecule has 1 unspecified atom stereocenters. The Morgan fingerprint density at radius 2 is 2.29 bits per heavy atom. The van der Waals surface area contributed by atoms with Crippen LogP contribution in [-0.4, -0.2) is 42.6 Å². The highest BCUT2D eigenvalue weighted by Crippen LogP contribution is 2.17. The summed E-state index contributed by atoms with van der Waals surface area (Å²) in [4.78, 5) is 12.7. The van der Waals surface area contributed by atoms with E-state index in [9.17, 15) is 13.2 Å². The molecule has 80 valence electrons. The van der Waals surface area contributed by atoms with Crippen LogP contribution in [0.4, 0.5) is 0 Å². The van der Waals surface area contributed by atoms with E-state index in [-0.39, 0.29) is 18.4 Å². The third-order valence-corrected chi connectivity index (χ3v) is 2.90. The van der Waals surface area contributed by atoms with Crippen molar-refractivity contribution >= 4 is 16.0 Å². The van der Waals surface area contributed by atoms with Gasteiger partial charge in [-0.25, -0.2) is 0 Å². The number of hydrogen-bond donors (Lipinski definition) is 1. The van der Waals surface area contributed by atoms with E-state index in [0.29, 0.717) is 13.0 Å². The molecule has 6 heteroatoms. The minimum atomic E-state index is -3.98. The number of likely N-dealkylation sites (tertiary alicyclic amines) is 1. The second kappa shape index (κ2) is 4.10. The number of rotatable bonds is 4.